The standard InChI is InChI=1S/C73H80BFN2S/c1-67(2,3)47-22-21-46(51(38-47)45-19-17-16-18-20-45)35-44-36-61-64-62(37-44)77(49-25-23-48(75)24-26-49)65-52-40-55-58(73(14,15)34-31-70(55,8)9)43-63(52)78-66(65)74(64)59-41-56-57(72(12,13)33-32-71(56,10)11)42-60(59)76(61)50-27-28-53-54(39-50)69(6,7)30-29-68(53,4)5/h16-28,36-43H,29-35H2,1-15H3. The molecule has 0 radical (unpaired) electrons. The number of benzene rings is 7. The summed E-state index contributed by atoms with van der Waals surface area (Å²) in [6.45, 7) is 36.5. The molecule has 0 N–H and O–H groups in total. The van der Waals surface area contributed by atoms with E-state index in [2.05, 4.69) is 217 Å². The van der Waals surface area contributed by atoms with Gasteiger partial charge in [0.1, 0.15) is 5.82 Å². The van der Waals surface area contributed by atoms with Gasteiger partial charge in [0.25, 0.3) is 6.71 Å². The molecule has 3 aliphatic carbocycles. The van der Waals surface area contributed by atoms with Crippen LogP contribution in [0.2, 0.25) is 0 Å². The van der Waals surface area contributed by atoms with Crippen LogP contribution in [-0.2, 0) is 44.3 Å². The van der Waals surface area contributed by atoms with Gasteiger partial charge in [-0.3, -0.25) is 0 Å². The molecule has 78 heavy (non-hydrogen) atoms. The molecule has 7 aromatic carbocycles. The topological polar surface area (TPSA) is 6.48 Å². The van der Waals surface area contributed by atoms with Crippen LogP contribution >= 0.6 is 11.3 Å². The van der Waals surface area contributed by atoms with E-state index in [9.17, 15) is 0 Å². The van der Waals surface area contributed by atoms with E-state index < -0.39 is 0 Å². The summed E-state index contributed by atoms with van der Waals surface area (Å²) in [5.41, 5.74) is 25.3. The third-order valence-corrected chi connectivity index (χ3v) is 21.5. The molecule has 5 heteroatoms. The maximum atomic E-state index is 15.4. The molecule has 13 rings (SSSR count). The number of anilines is 6. The maximum Gasteiger partial charge on any atom is 0.264 e. The van der Waals surface area contributed by atoms with Crippen molar-refractivity contribution in [2.75, 3.05) is 9.80 Å². The fourth-order valence-electron chi connectivity index (χ4n) is 14.9. The van der Waals surface area contributed by atoms with Crippen LogP contribution < -0.4 is 25.5 Å². The molecule has 3 heterocycles. The van der Waals surface area contributed by atoms with Crippen LogP contribution in [0.15, 0.2) is 127 Å². The predicted molar refractivity (Wildman–Crippen MR) is 335 cm³/mol. The lowest BCUT2D eigenvalue weighted by atomic mass is 9.35. The van der Waals surface area contributed by atoms with E-state index in [0.29, 0.717) is 0 Å². The Morgan fingerprint density at radius 1 is 0.500 bits per heavy atom. The van der Waals surface area contributed by atoms with E-state index in [1.807, 2.05) is 23.5 Å². The van der Waals surface area contributed by atoms with Crippen LogP contribution in [0.1, 0.15) is 192 Å². The molecule has 0 atom stereocenters. The summed E-state index contributed by atoms with van der Waals surface area (Å²) in [6, 6.07) is 48.8. The molecule has 2 nitrogen and oxygen atoms in total. The number of halogens is 1. The highest BCUT2D eigenvalue weighted by atomic mass is 32.1. The van der Waals surface area contributed by atoms with Gasteiger partial charge in [0.05, 0.1) is 5.69 Å². The van der Waals surface area contributed by atoms with Gasteiger partial charge >= 0.3 is 0 Å². The summed E-state index contributed by atoms with van der Waals surface area (Å²) in [5.74, 6) is -0.223. The average molecular weight is 1050 g/mol. The summed E-state index contributed by atoms with van der Waals surface area (Å²) in [5, 5.41) is 1.30. The third-order valence-electron chi connectivity index (χ3n) is 20.3. The first kappa shape index (κ1) is 51.5. The SMILES string of the molecule is CC(C)(C)c1ccc(Cc2cc3c4c(c2)N(c2ccc(F)cc2)c2c(sc5cc6c(cc25)C(C)(C)CCC6(C)C)B4c2cc4c(cc2N3c2ccc3c(c2)C(C)(C)CCC3(C)C)C(C)(C)CCC4(C)C)c(-c2ccccc2)c1. The number of hydrogen-bond donors (Lipinski definition) is 0. The van der Waals surface area contributed by atoms with Gasteiger partial charge in [-0.15, -0.1) is 11.3 Å². The minimum Gasteiger partial charge on any atom is -0.311 e. The summed E-state index contributed by atoms with van der Waals surface area (Å²) in [6.07, 6.45) is 7.65. The minimum atomic E-state index is -0.223. The predicted octanol–water partition coefficient (Wildman–Crippen LogP) is 18.7. The highest BCUT2D eigenvalue weighted by Crippen LogP contribution is 2.56. The average Bonchev–Trinajstić information content (AvgIpc) is 3.66. The monoisotopic (exact) mass is 1050 g/mol. The van der Waals surface area contributed by atoms with Gasteiger partial charge in [-0.1, -0.05) is 165 Å². The number of hydrogen-bond acceptors (Lipinski definition) is 3. The van der Waals surface area contributed by atoms with Gasteiger partial charge in [0, 0.05) is 43.3 Å². The fourth-order valence-corrected chi connectivity index (χ4v) is 16.3. The second-order valence-electron chi connectivity index (χ2n) is 29.5. The van der Waals surface area contributed by atoms with E-state index in [1.165, 1.54) is 122 Å². The van der Waals surface area contributed by atoms with Crippen molar-refractivity contribution in [1.82, 2.24) is 0 Å². The van der Waals surface area contributed by atoms with Gasteiger partial charge in [-0.05, 0) is 222 Å². The Bertz CT molecular complexity index is 3780. The first-order valence-corrected chi connectivity index (χ1v) is 30.1. The second-order valence-corrected chi connectivity index (χ2v) is 30.6. The van der Waals surface area contributed by atoms with Gasteiger partial charge in [-0.25, -0.2) is 4.39 Å². The molecule has 0 amide bonds. The number of fused-ring (bicyclic) bond motifs is 9. The fraction of sp³-hybridized carbons (Fsp3) is 0.397. The molecule has 0 saturated heterocycles. The molecule has 8 aromatic rings. The lowest BCUT2D eigenvalue weighted by Gasteiger charge is -2.47. The molecule has 0 saturated carbocycles. The molecule has 0 bridgehead atoms. The maximum absolute atomic E-state index is 15.4. The number of thiophene rings is 1. The molecular formula is C73H80BFN2S. The third kappa shape index (κ3) is 7.96. The zero-order chi connectivity index (χ0) is 55.0. The van der Waals surface area contributed by atoms with Crippen molar-refractivity contribution in [3.8, 4) is 11.1 Å². The Balaban J connectivity index is 1.17. The zero-order valence-electron chi connectivity index (χ0n) is 49.3. The van der Waals surface area contributed by atoms with Crippen molar-refractivity contribution in [2.45, 2.75) is 187 Å². The van der Waals surface area contributed by atoms with Crippen molar-refractivity contribution in [2.24, 2.45) is 0 Å². The highest BCUT2D eigenvalue weighted by Gasteiger charge is 2.49. The molecule has 0 unspecified atom stereocenters. The second kappa shape index (κ2) is 17.1. The van der Waals surface area contributed by atoms with Crippen LogP contribution in [0.25, 0.3) is 21.2 Å². The van der Waals surface area contributed by atoms with Crippen molar-refractivity contribution < 1.29 is 4.39 Å². The number of rotatable bonds is 5. The van der Waals surface area contributed by atoms with Crippen LogP contribution in [0.4, 0.5) is 38.5 Å². The summed E-state index contributed by atoms with van der Waals surface area (Å²) >= 11 is 2.01. The van der Waals surface area contributed by atoms with Gasteiger partial charge < -0.3 is 9.80 Å². The molecule has 0 spiro atoms. The Morgan fingerprint density at radius 2 is 1.03 bits per heavy atom. The van der Waals surface area contributed by atoms with Crippen molar-refractivity contribution in [1.29, 1.82) is 0 Å². The Labute approximate surface area is 470 Å². The zero-order valence-corrected chi connectivity index (χ0v) is 50.1. The van der Waals surface area contributed by atoms with Crippen molar-refractivity contribution in [3.63, 3.8) is 0 Å². The van der Waals surface area contributed by atoms with Crippen LogP contribution in [0.5, 0.6) is 0 Å². The van der Waals surface area contributed by atoms with Crippen LogP contribution in [0.3, 0.4) is 0 Å². The molecule has 398 valence electrons. The molecule has 2 aliphatic heterocycles. The van der Waals surface area contributed by atoms with Gasteiger partial charge in [-0.2, -0.15) is 0 Å². The van der Waals surface area contributed by atoms with Crippen LogP contribution in [0, 0.1) is 5.82 Å². The minimum absolute atomic E-state index is 0.00115. The molecule has 1 aromatic heterocycles. The smallest absolute Gasteiger partial charge is 0.264 e. The molecule has 5 aliphatic rings. The van der Waals surface area contributed by atoms with Crippen molar-refractivity contribution >= 4 is 78.0 Å². The normalized spacial score (nSPS) is 19.6. The van der Waals surface area contributed by atoms with E-state index in [0.717, 1.165) is 44.2 Å². The lowest BCUT2D eigenvalue weighted by Crippen LogP contribution is -2.61. The first-order valence-electron chi connectivity index (χ1n) is 29.3. The lowest BCUT2D eigenvalue weighted by molar-refractivity contribution is 0.332. The van der Waals surface area contributed by atoms with E-state index >= 15 is 4.39 Å². The van der Waals surface area contributed by atoms with E-state index in [1.54, 1.807) is 12.1 Å². The van der Waals surface area contributed by atoms with E-state index in [-0.39, 0.29) is 50.4 Å². The summed E-state index contributed by atoms with van der Waals surface area (Å²) in [4.78, 5) is 5.27. The van der Waals surface area contributed by atoms with Gasteiger partial charge in [0.2, 0.25) is 0 Å². The van der Waals surface area contributed by atoms with E-state index in [4.69, 9.17) is 0 Å². The van der Waals surface area contributed by atoms with Crippen molar-refractivity contribution in [3.05, 3.63) is 183 Å². The summed E-state index contributed by atoms with van der Waals surface area (Å²) < 4.78 is 18.1. The Kier molecular flexibility index (Phi) is 11.3. The van der Waals surface area contributed by atoms with Gasteiger partial charge in [0.15, 0.2) is 0 Å². The first-order chi connectivity index (χ1) is 36.6. The largest absolute Gasteiger partial charge is 0.311 e. The molecular weight excluding hydrogens is 967 g/mol. The number of nitrogens with zero attached hydrogens (tertiary/aromatic N) is 2. The summed E-state index contributed by atoms with van der Waals surface area (Å²) in [7, 11) is 0. The Hall–Kier alpha value is -5.91. The van der Waals surface area contributed by atoms with Crippen LogP contribution in [-0.4, -0.2) is 6.71 Å². The highest BCUT2D eigenvalue weighted by molar-refractivity contribution is 7.33. The molecule has 0 fully saturated rings. The quantitative estimate of drug-likeness (QED) is 0.159. The Morgan fingerprint density at radius 3 is 1.63 bits per heavy atom.